The van der Waals surface area contributed by atoms with Gasteiger partial charge >= 0.3 is 5.63 Å². The Bertz CT molecular complexity index is 892. The lowest BCUT2D eigenvalue weighted by molar-refractivity contribution is 0.234. The summed E-state index contributed by atoms with van der Waals surface area (Å²) in [5.41, 5.74) is 1.01. The number of ether oxygens (including phenoxy) is 1. The van der Waals surface area contributed by atoms with Crippen LogP contribution < -0.4 is 10.4 Å². The Balaban J connectivity index is 2.20. The maximum atomic E-state index is 12.3. The van der Waals surface area contributed by atoms with E-state index >= 15 is 0 Å². The lowest BCUT2D eigenvalue weighted by Gasteiger charge is -2.07. The molecule has 0 N–H and O–H groups in total. The van der Waals surface area contributed by atoms with Gasteiger partial charge in [0, 0.05) is 11.3 Å². The Labute approximate surface area is 115 Å². The summed E-state index contributed by atoms with van der Waals surface area (Å²) in [5, 5.41) is 2.89. The highest BCUT2D eigenvalue weighted by Gasteiger charge is 2.33. The van der Waals surface area contributed by atoms with Crippen molar-refractivity contribution in [3.8, 4) is 5.75 Å². The number of hydrogen-bond acceptors (Lipinski definition) is 3. The predicted molar refractivity (Wildman–Crippen MR) is 78.5 cm³/mol. The van der Waals surface area contributed by atoms with Crippen LogP contribution in [0.5, 0.6) is 5.75 Å². The summed E-state index contributed by atoms with van der Waals surface area (Å²) in [4.78, 5) is 12.3. The molecule has 1 aliphatic rings. The van der Waals surface area contributed by atoms with Crippen molar-refractivity contribution in [3.05, 3.63) is 52.4 Å². The molecule has 0 saturated heterocycles. The first-order valence-electron chi connectivity index (χ1n) is 6.82. The molecule has 100 valence electrons. The summed E-state index contributed by atoms with van der Waals surface area (Å²) < 4.78 is 11.5. The van der Waals surface area contributed by atoms with Gasteiger partial charge in [0.25, 0.3) is 0 Å². The molecule has 4 rings (SSSR count). The first-order chi connectivity index (χ1) is 9.66. The van der Waals surface area contributed by atoms with Crippen molar-refractivity contribution in [2.45, 2.75) is 25.9 Å². The van der Waals surface area contributed by atoms with Crippen LogP contribution in [0.4, 0.5) is 0 Å². The van der Waals surface area contributed by atoms with E-state index in [1.165, 1.54) is 0 Å². The zero-order valence-corrected chi connectivity index (χ0v) is 11.3. The van der Waals surface area contributed by atoms with Crippen molar-refractivity contribution in [2.75, 3.05) is 0 Å². The van der Waals surface area contributed by atoms with Crippen LogP contribution in [0.1, 0.15) is 25.3 Å². The van der Waals surface area contributed by atoms with E-state index in [-0.39, 0.29) is 17.6 Å². The summed E-state index contributed by atoms with van der Waals surface area (Å²) in [5.74, 6) is 0.763. The normalized spacial score (nSPS) is 21.1. The van der Waals surface area contributed by atoms with Gasteiger partial charge in [-0.25, -0.2) is 4.79 Å². The first-order valence-corrected chi connectivity index (χ1v) is 6.82. The van der Waals surface area contributed by atoms with Crippen molar-refractivity contribution in [1.29, 1.82) is 0 Å². The van der Waals surface area contributed by atoms with Gasteiger partial charge < -0.3 is 9.15 Å². The van der Waals surface area contributed by atoms with Crippen LogP contribution in [0.15, 0.2) is 45.6 Å². The van der Waals surface area contributed by atoms with Crippen LogP contribution in [0.3, 0.4) is 0 Å². The van der Waals surface area contributed by atoms with Gasteiger partial charge in [0.2, 0.25) is 0 Å². The molecule has 0 radical (unpaired) electrons. The van der Waals surface area contributed by atoms with Crippen LogP contribution in [-0.2, 0) is 0 Å². The summed E-state index contributed by atoms with van der Waals surface area (Å²) in [7, 11) is 0. The predicted octanol–water partition coefficient (Wildman–Crippen LogP) is 3.83. The zero-order chi connectivity index (χ0) is 13.9. The van der Waals surface area contributed by atoms with E-state index in [9.17, 15) is 4.79 Å². The van der Waals surface area contributed by atoms with Gasteiger partial charge in [0.1, 0.15) is 17.4 Å². The minimum atomic E-state index is -0.277. The smallest absolute Gasteiger partial charge is 0.343 e. The summed E-state index contributed by atoms with van der Waals surface area (Å²) in [6.45, 7) is 3.98. The Kier molecular flexibility index (Phi) is 2.22. The van der Waals surface area contributed by atoms with E-state index < -0.39 is 0 Å². The average molecular weight is 266 g/mol. The third-order valence-electron chi connectivity index (χ3n) is 4.25. The molecular formula is C17H14O3. The molecule has 0 amide bonds. The van der Waals surface area contributed by atoms with Crippen molar-refractivity contribution >= 4 is 21.7 Å². The average Bonchev–Trinajstić information content (AvgIpc) is 2.76. The van der Waals surface area contributed by atoms with Crippen LogP contribution in [0, 0.1) is 0 Å². The van der Waals surface area contributed by atoms with Gasteiger partial charge in [-0.3, -0.25) is 0 Å². The lowest BCUT2D eigenvalue weighted by atomic mass is 9.98. The molecule has 0 spiro atoms. The molecular weight excluding hydrogens is 252 g/mol. The molecule has 2 atom stereocenters. The number of hydrogen-bond donors (Lipinski definition) is 0. The van der Waals surface area contributed by atoms with Crippen molar-refractivity contribution < 1.29 is 9.15 Å². The van der Waals surface area contributed by atoms with Crippen LogP contribution >= 0.6 is 0 Å². The fourth-order valence-corrected chi connectivity index (χ4v) is 2.96. The van der Waals surface area contributed by atoms with Gasteiger partial charge in [-0.1, -0.05) is 37.3 Å². The minimum absolute atomic E-state index is 0.00460. The quantitative estimate of drug-likeness (QED) is 0.458. The fourth-order valence-electron chi connectivity index (χ4n) is 2.96. The summed E-state index contributed by atoms with van der Waals surface area (Å²) >= 11 is 0. The van der Waals surface area contributed by atoms with E-state index in [1.54, 1.807) is 0 Å². The highest BCUT2D eigenvalue weighted by atomic mass is 16.5. The van der Waals surface area contributed by atoms with E-state index in [4.69, 9.17) is 9.15 Å². The number of rotatable bonds is 0. The van der Waals surface area contributed by atoms with Gasteiger partial charge in [-0.15, -0.1) is 0 Å². The van der Waals surface area contributed by atoms with Gasteiger partial charge in [-0.05, 0) is 18.4 Å². The Hall–Kier alpha value is -2.29. The standard InChI is InChI=1S/C17H14O3/c1-9-10(2)19-16-13-8-7-11-5-3-4-6-12(11)15(13)20-17(18)14(9)16/h3-10H,1-2H3/t9-,10+/m0/s1. The minimum Gasteiger partial charge on any atom is -0.489 e. The Morgan fingerprint density at radius 3 is 2.65 bits per heavy atom. The van der Waals surface area contributed by atoms with Gasteiger partial charge in [0.05, 0.1) is 10.9 Å². The van der Waals surface area contributed by atoms with Crippen molar-refractivity contribution in [3.63, 3.8) is 0 Å². The van der Waals surface area contributed by atoms with Crippen molar-refractivity contribution in [2.24, 2.45) is 0 Å². The second kappa shape index (κ2) is 3.85. The molecule has 20 heavy (non-hydrogen) atoms. The second-order valence-electron chi connectivity index (χ2n) is 5.41. The molecule has 2 heterocycles. The van der Waals surface area contributed by atoms with Gasteiger partial charge in [-0.2, -0.15) is 0 Å². The highest BCUT2D eigenvalue weighted by Crippen LogP contribution is 2.41. The van der Waals surface area contributed by atoms with Crippen LogP contribution in [-0.4, -0.2) is 6.10 Å². The largest absolute Gasteiger partial charge is 0.489 e. The van der Waals surface area contributed by atoms with E-state index in [1.807, 2.05) is 50.2 Å². The monoisotopic (exact) mass is 266 g/mol. The zero-order valence-electron chi connectivity index (χ0n) is 11.3. The maximum Gasteiger partial charge on any atom is 0.343 e. The van der Waals surface area contributed by atoms with E-state index in [0.29, 0.717) is 16.9 Å². The lowest BCUT2D eigenvalue weighted by Crippen LogP contribution is -2.14. The second-order valence-corrected chi connectivity index (χ2v) is 5.41. The van der Waals surface area contributed by atoms with E-state index in [2.05, 4.69) is 0 Å². The summed E-state index contributed by atoms with van der Waals surface area (Å²) in [6, 6.07) is 11.9. The Morgan fingerprint density at radius 2 is 1.80 bits per heavy atom. The van der Waals surface area contributed by atoms with Gasteiger partial charge in [0.15, 0.2) is 0 Å². The molecule has 2 aromatic carbocycles. The molecule has 0 bridgehead atoms. The van der Waals surface area contributed by atoms with Crippen molar-refractivity contribution in [1.82, 2.24) is 0 Å². The molecule has 3 heteroatoms. The molecule has 1 aliphatic heterocycles. The number of benzene rings is 2. The molecule has 1 aromatic heterocycles. The number of fused-ring (bicyclic) bond motifs is 5. The third kappa shape index (κ3) is 1.38. The maximum absolute atomic E-state index is 12.3. The molecule has 0 fully saturated rings. The Morgan fingerprint density at radius 1 is 1.00 bits per heavy atom. The SMILES string of the molecule is C[C@@H]1c2c(c3ccc4ccccc4c3oc2=O)O[C@@H]1C. The molecule has 3 aromatic rings. The third-order valence-corrected chi connectivity index (χ3v) is 4.25. The molecule has 3 nitrogen and oxygen atoms in total. The van der Waals surface area contributed by atoms with Crippen LogP contribution in [0.25, 0.3) is 21.7 Å². The van der Waals surface area contributed by atoms with E-state index in [0.717, 1.165) is 16.2 Å². The first kappa shape index (κ1) is 11.5. The fraction of sp³-hybridized carbons (Fsp3) is 0.235. The molecule has 0 unspecified atom stereocenters. The molecule has 0 aliphatic carbocycles. The summed E-state index contributed by atoms with van der Waals surface area (Å²) in [6.07, 6.45) is 0.00460. The van der Waals surface area contributed by atoms with Crippen LogP contribution in [0.2, 0.25) is 0 Å². The highest BCUT2D eigenvalue weighted by molar-refractivity contribution is 6.06. The molecule has 0 saturated carbocycles. The topological polar surface area (TPSA) is 39.4 Å².